The molecule has 0 radical (unpaired) electrons. The first kappa shape index (κ1) is 21.0. The molecule has 0 aliphatic heterocycles. The number of halogens is 1. The predicted molar refractivity (Wildman–Crippen MR) is 82.7 cm³/mol. The minimum Gasteiger partial charge on any atom is -1.00 e. The topological polar surface area (TPSA) is 9.23 Å². The standard InChI is InChI=1S/C14H29IO.Na.H/c1-2-3-4-5-6-7-8-9-10-11-13-16-14-12-15;;/h2-14H2,1H3;;/q;+1;-1. The van der Waals surface area contributed by atoms with Crippen LogP contribution in [0, 0.1) is 0 Å². The van der Waals surface area contributed by atoms with Crippen molar-refractivity contribution >= 4 is 22.6 Å². The largest absolute Gasteiger partial charge is 1.00 e. The molecule has 0 fully saturated rings. The third-order valence-electron chi connectivity index (χ3n) is 2.86. The van der Waals surface area contributed by atoms with E-state index in [0.29, 0.717) is 0 Å². The molecule has 3 heteroatoms. The molecule has 0 unspecified atom stereocenters. The maximum atomic E-state index is 5.45. The summed E-state index contributed by atoms with van der Waals surface area (Å²) in [5, 5.41) is 0. The molecular formula is C14H30INaO. The summed E-state index contributed by atoms with van der Waals surface area (Å²) in [4.78, 5) is 0. The zero-order valence-electron chi connectivity index (χ0n) is 13.0. The zero-order chi connectivity index (χ0) is 11.9. The minimum atomic E-state index is 0. The van der Waals surface area contributed by atoms with Crippen molar-refractivity contribution < 1.29 is 35.7 Å². The molecule has 0 aliphatic carbocycles. The molecule has 100 valence electrons. The summed E-state index contributed by atoms with van der Waals surface area (Å²) in [5.41, 5.74) is 0. The van der Waals surface area contributed by atoms with E-state index in [9.17, 15) is 0 Å². The first-order valence-electron chi connectivity index (χ1n) is 7.05. The summed E-state index contributed by atoms with van der Waals surface area (Å²) < 4.78 is 6.57. The van der Waals surface area contributed by atoms with Gasteiger partial charge in [0, 0.05) is 11.0 Å². The van der Waals surface area contributed by atoms with Crippen molar-refractivity contribution in [2.24, 2.45) is 0 Å². The maximum absolute atomic E-state index is 5.45. The van der Waals surface area contributed by atoms with Crippen LogP contribution in [0.25, 0.3) is 0 Å². The summed E-state index contributed by atoms with van der Waals surface area (Å²) >= 11 is 2.36. The average molecular weight is 364 g/mol. The molecule has 0 aromatic carbocycles. The van der Waals surface area contributed by atoms with E-state index in [1.54, 1.807) is 0 Å². The van der Waals surface area contributed by atoms with Gasteiger partial charge in [-0.05, 0) is 6.42 Å². The van der Waals surface area contributed by atoms with Gasteiger partial charge < -0.3 is 6.16 Å². The smallest absolute Gasteiger partial charge is 1.00 e. The van der Waals surface area contributed by atoms with Gasteiger partial charge in [-0.25, -0.2) is 0 Å². The Hall–Kier alpha value is 1.69. The molecule has 0 bridgehead atoms. The van der Waals surface area contributed by atoms with Gasteiger partial charge in [0.2, 0.25) is 0 Å². The van der Waals surface area contributed by atoms with Crippen LogP contribution in [-0.4, -0.2) is 17.6 Å². The van der Waals surface area contributed by atoms with Crippen molar-refractivity contribution in [1.29, 1.82) is 0 Å². The van der Waals surface area contributed by atoms with Gasteiger partial charge in [0.1, 0.15) is 0 Å². The van der Waals surface area contributed by atoms with Gasteiger partial charge >= 0.3 is 29.6 Å². The number of rotatable bonds is 13. The van der Waals surface area contributed by atoms with Gasteiger partial charge in [-0.15, -0.1) is 0 Å². The van der Waals surface area contributed by atoms with Crippen molar-refractivity contribution in [3.05, 3.63) is 0 Å². The van der Waals surface area contributed by atoms with Crippen molar-refractivity contribution in [2.75, 3.05) is 17.6 Å². The summed E-state index contributed by atoms with van der Waals surface area (Å²) in [7, 11) is 0. The zero-order valence-corrected chi connectivity index (χ0v) is 16.1. The first-order chi connectivity index (χ1) is 7.91. The second kappa shape index (κ2) is 20.0. The molecule has 0 aliphatic rings. The van der Waals surface area contributed by atoms with E-state index in [4.69, 9.17) is 4.74 Å². The fourth-order valence-corrected chi connectivity index (χ4v) is 2.16. The molecule has 0 aromatic heterocycles. The number of unbranched alkanes of at least 4 members (excludes halogenated alkanes) is 9. The molecule has 0 saturated carbocycles. The van der Waals surface area contributed by atoms with E-state index in [0.717, 1.165) is 17.6 Å². The van der Waals surface area contributed by atoms with E-state index in [1.807, 2.05) is 0 Å². The molecule has 0 spiro atoms. The molecule has 0 rings (SSSR count). The van der Waals surface area contributed by atoms with Crippen LogP contribution >= 0.6 is 22.6 Å². The number of alkyl halides is 1. The first-order valence-corrected chi connectivity index (χ1v) is 8.58. The fourth-order valence-electron chi connectivity index (χ4n) is 1.85. The van der Waals surface area contributed by atoms with Crippen LogP contribution in [0.3, 0.4) is 0 Å². The van der Waals surface area contributed by atoms with E-state index in [-0.39, 0.29) is 31.0 Å². The van der Waals surface area contributed by atoms with E-state index in [1.165, 1.54) is 64.2 Å². The third-order valence-corrected chi connectivity index (χ3v) is 3.30. The van der Waals surface area contributed by atoms with Crippen LogP contribution in [0.1, 0.15) is 72.6 Å². The Morgan fingerprint density at radius 2 is 1.24 bits per heavy atom. The van der Waals surface area contributed by atoms with Gasteiger partial charge in [0.15, 0.2) is 0 Å². The molecular weight excluding hydrogens is 334 g/mol. The number of hydrogen-bond acceptors (Lipinski definition) is 1. The van der Waals surface area contributed by atoms with Crippen LogP contribution in [0.15, 0.2) is 0 Å². The summed E-state index contributed by atoms with van der Waals surface area (Å²) in [6.07, 6.45) is 14.0. The average Bonchev–Trinajstić information content (AvgIpc) is 2.31. The van der Waals surface area contributed by atoms with Crippen LogP contribution in [-0.2, 0) is 4.74 Å². The molecule has 0 saturated heterocycles. The monoisotopic (exact) mass is 364 g/mol. The molecule has 0 aromatic rings. The Morgan fingerprint density at radius 1 is 0.765 bits per heavy atom. The second-order valence-electron chi connectivity index (χ2n) is 4.48. The van der Waals surface area contributed by atoms with Gasteiger partial charge in [-0.2, -0.15) is 0 Å². The normalized spacial score (nSPS) is 10.2. The van der Waals surface area contributed by atoms with Crippen molar-refractivity contribution in [2.45, 2.75) is 71.1 Å². The number of ether oxygens (including phenoxy) is 1. The Labute approximate surface area is 146 Å². The summed E-state index contributed by atoms with van der Waals surface area (Å²) in [5.74, 6) is 0. The predicted octanol–water partition coefficient (Wildman–Crippen LogP) is 2.48. The molecule has 17 heavy (non-hydrogen) atoms. The second-order valence-corrected chi connectivity index (χ2v) is 5.56. The Bertz CT molecular complexity index is 114. The van der Waals surface area contributed by atoms with Crippen LogP contribution in [0.2, 0.25) is 0 Å². The molecule has 1 nitrogen and oxygen atoms in total. The Kier molecular flexibility index (Phi) is 24.7. The van der Waals surface area contributed by atoms with E-state index < -0.39 is 0 Å². The van der Waals surface area contributed by atoms with Gasteiger partial charge in [0.05, 0.1) is 6.61 Å². The third kappa shape index (κ3) is 20.2. The van der Waals surface area contributed by atoms with Gasteiger partial charge in [-0.1, -0.05) is 87.3 Å². The van der Waals surface area contributed by atoms with Crippen LogP contribution in [0.4, 0.5) is 0 Å². The number of hydrogen-bond donors (Lipinski definition) is 0. The fraction of sp³-hybridized carbons (Fsp3) is 1.00. The van der Waals surface area contributed by atoms with Crippen molar-refractivity contribution in [3.63, 3.8) is 0 Å². The SMILES string of the molecule is CCCCCCCCCCCCOCCI.[H-].[Na+]. The van der Waals surface area contributed by atoms with E-state index >= 15 is 0 Å². The molecule has 0 N–H and O–H groups in total. The Balaban J connectivity index is -0.00000112. The summed E-state index contributed by atoms with van der Waals surface area (Å²) in [6, 6.07) is 0. The van der Waals surface area contributed by atoms with E-state index in [2.05, 4.69) is 29.5 Å². The molecule has 0 amide bonds. The quantitative estimate of drug-likeness (QED) is 0.211. The Morgan fingerprint density at radius 3 is 1.71 bits per heavy atom. The van der Waals surface area contributed by atoms with Gasteiger partial charge in [0.25, 0.3) is 0 Å². The molecule has 0 atom stereocenters. The van der Waals surface area contributed by atoms with Crippen LogP contribution in [0.5, 0.6) is 0 Å². The maximum Gasteiger partial charge on any atom is 1.00 e. The summed E-state index contributed by atoms with van der Waals surface area (Å²) in [6.45, 7) is 4.18. The van der Waals surface area contributed by atoms with Gasteiger partial charge in [-0.3, -0.25) is 0 Å². The van der Waals surface area contributed by atoms with Crippen molar-refractivity contribution in [3.8, 4) is 0 Å². The molecule has 0 heterocycles. The minimum absolute atomic E-state index is 0. The van der Waals surface area contributed by atoms with Crippen molar-refractivity contribution in [1.82, 2.24) is 0 Å². The van der Waals surface area contributed by atoms with Crippen LogP contribution < -0.4 is 29.6 Å².